The molecule has 1 saturated heterocycles. The van der Waals surface area contributed by atoms with Crippen LogP contribution in [-0.4, -0.2) is 46.1 Å². The van der Waals surface area contributed by atoms with Crippen molar-refractivity contribution in [2.75, 3.05) is 13.1 Å². The van der Waals surface area contributed by atoms with Gasteiger partial charge in [-0.1, -0.05) is 25.4 Å². The Hall–Kier alpha value is -1.56. The van der Waals surface area contributed by atoms with Gasteiger partial charge in [-0.25, -0.2) is 14.8 Å². The zero-order valence-corrected chi connectivity index (χ0v) is 13.8. The smallest absolute Gasteiger partial charge is 0.317 e. The number of amides is 2. The summed E-state index contributed by atoms with van der Waals surface area (Å²) < 4.78 is 5.75. The van der Waals surface area contributed by atoms with Gasteiger partial charge in [0.05, 0.1) is 24.0 Å². The summed E-state index contributed by atoms with van der Waals surface area (Å²) in [6.45, 7) is 5.47. The Labute approximate surface area is 136 Å². The third-order valence-corrected chi connectivity index (χ3v) is 4.04. The summed E-state index contributed by atoms with van der Waals surface area (Å²) in [7, 11) is 0. The molecule has 1 aliphatic heterocycles. The normalized spacial score (nSPS) is 18.4. The zero-order chi connectivity index (χ0) is 15.9. The van der Waals surface area contributed by atoms with E-state index in [1.54, 1.807) is 0 Å². The molecule has 1 aromatic rings. The van der Waals surface area contributed by atoms with Crippen LogP contribution in [0.5, 0.6) is 6.01 Å². The summed E-state index contributed by atoms with van der Waals surface area (Å²) in [5.74, 6) is 0. The second-order valence-electron chi connectivity index (χ2n) is 5.47. The summed E-state index contributed by atoms with van der Waals surface area (Å²) in [4.78, 5) is 22.2. The summed E-state index contributed by atoms with van der Waals surface area (Å²) in [5.41, 5.74) is 0. The monoisotopic (exact) mass is 326 g/mol. The van der Waals surface area contributed by atoms with E-state index in [0.29, 0.717) is 17.6 Å². The molecule has 1 atom stereocenters. The summed E-state index contributed by atoms with van der Waals surface area (Å²) in [6.07, 6.45) is 6.61. The van der Waals surface area contributed by atoms with Crippen molar-refractivity contribution in [1.82, 2.24) is 20.2 Å². The van der Waals surface area contributed by atoms with Crippen molar-refractivity contribution < 1.29 is 9.53 Å². The molecule has 0 radical (unpaired) electrons. The lowest BCUT2D eigenvalue weighted by Gasteiger charge is -2.33. The van der Waals surface area contributed by atoms with Gasteiger partial charge in [0.2, 0.25) is 0 Å². The van der Waals surface area contributed by atoms with Crippen molar-refractivity contribution in [3.05, 3.63) is 17.4 Å². The number of urea groups is 1. The minimum absolute atomic E-state index is 0.0148. The van der Waals surface area contributed by atoms with Gasteiger partial charge < -0.3 is 15.0 Å². The molecule has 1 aromatic heterocycles. The molecule has 7 heteroatoms. The first-order valence-corrected chi connectivity index (χ1v) is 8.19. The molecule has 1 aliphatic rings. The van der Waals surface area contributed by atoms with E-state index in [0.717, 1.165) is 32.2 Å². The minimum Gasteiger partial charge on any atom is -0.458 e. The summed E-state index contributed by atoms with van der Waals surface area (Å²) >= 11 is 5.75. The molecule has 0 spiro atoms. The topological polar surface area (TPSA) is 67.4 Å². The maximum atomic E-state index is 12.3. The standard InChI is InChI=1S/C15H23ClN4O2/c1-3-12(4-2)19-15(21)20-7-5-6-13(10-20)22-14-17-8-11(16)9-18-14/h8-9,12-13H,3-7,10H2,1-2H3,(H,19,21). The van der Waals surface area contributed by atoms with Crippen LogP contribution in [0.1, 0.15) is 39.5 Å². The molecule has 2 heterocycles. The highest BCUT2D eigenvalue weighted by molar-refractivity contribution is 6.30. The average molecular weight is 327 g/mol. The molecule has 22 heavy (non-hydrogen) atoms. The molecule has 122 valence electrons. The highest BCUT2D eigenvalue weighted by Gasteiger charge is 2.26. The maximum absolute atomic E-state index is 12.3. The third-order valence-electron chi connectivity index (χ3n) is 3.85. The number of carbonyl (C=O) groups excluding carboxylic acids is 1. The molecule has 2 rings (SSSR count). The van der Waals surface area contributed by atoms with E-state index >= 15 is 0 Å². The second-order valence-corrected chi connectivity index (χ2v) is 5.91. The van der Waals surface area contributed by atoms with Crippen molar-refractivity contribution in [1.29, 1.82) is 0 Å². The van der Waals surface area contributed by atoms with Gasteiger partial charge >= 0.3 is 12.0 Å². The van der Waals surface area contributed by atoms with E-state index in [2.05, 4.69) is 29.1 Å². The van der Waals surface area contributed by atoms with Crippen LogP contribution in [0, 0.1) is 0 Å². The molecule has 2 amide bonds. The van der Waals surface area contributed by atoms with E-state index in [1.807, 2.05) is 4.90 Å². The molecule has 1 fully saturated rings. The fourth-order valence-corrected chi connectivity index (χ4v) is 2.59. The molecule has 0 bridgehead atoms. The Bertz CT molecular complexity index is 479. The maximum Gasteiger partial charge on any atom is 0.317 e. The molecule has 0 aliphatic carbocycles. The van der Waals surface area contributed by atoms with Crippen LogP contribution in [0.4, 0.5) is 4.79 Å². The van der Waals surface area contributed by atoms with Crippen LogP contribution in [0.25, 0.3) is 0 Å². The van der Waals surface area contributed by atoms with Gasteiger partial charge in [-0.3, -0.25) is 0 Å². The lowest BCUT2D eigenvalue weighted by Crippen LogP contribution is -2.50. The fourth-order valence-electron chi connectivity index (χ4n) is 2.49. The van der Waals surface area contributed by atoms with Gasteiger partial charge in [0.15, 0.2) is 0 Å². The predicted octanol–water partition coefficient (Wildman–Crippen LogP) is 2.87. The molecular formula is C15H23ClN4O2. The predicted molar refractivity (Wildman–Crippen MR) is 85.2 cm³/mol. The largest absolute Gasteiger partial charge is 0.458 e. The van der Waals surface area contributed by atoms with Gasteiger partial charge in [-0.15, -0.1) is 0 Å². The number of hydrogen-bond acceptors (Lipinski definition) is 4. The number of halogens is 1. The van der Waals surface area contributed by atoms with E-state index in [9.17, 15) is 4.79 Å². The van der Waals surface area contributed by atoms with Crippen molar-refractivity contribution in [2.24, 2.45) is 0 Å². The van der Waals surface area contributed by atoms with E-state index in [4.69, 9.17) is 16.3 Å². The van der Waals surface area contributed by atoms with Crippen LogP contribution in [-0.2, 0) is 0 Å². The fraction of sp³-hybridized carbons (Fsp3) is 0.667. The highest BCUT2D eigenvalue weighted by Crippen LogP contribution is 2.16. The third kappa shape index (κ3) is 4.73. The highest BCUT2D eigenvalue weighted by atomic mass is 35.5. The number of likely N-dealkylation sites (tertiary alicyclic amines) is 1. The zero-order valence-electron chi connectivity index (χ0n) is 13.1. The first-order valence-electron chi connectivity index (χ1n) is 7.82. The average Bonchev–Trinajstić information content (AvgIpc) is 2.55. The van der Waals surface area contributed by atoms with Gasteiger partial charge in [0, 0.05) is 12.6 Å². The molecular weight excluding hydrogens is 304 g/mol. The van der Waals surface area contributed by atoms with Crippen molar-refractivity contribution >= 4 is 17.6 Å². The molecule has 1 N–H and O–H groups in total. The van der Waals surface area contributed by atoms with E-state index in [1.165, 1.54) is 12.4 Å². The number of nitrogens with zero attached hydrogens (tertiary/aromatic N) is 3. The number of hydrogen-bond donors (Lipinski definition) is 1. The Morgan fingerprint density at radius 1 is 1.45 bits per heavy atom. The SMILES string of the molecule is CCC(CC)NC(=O)N1CCCC(Oc2ncc(Cl)cn2)C1. The van der Waals surface area contributed by atoms with Gasteiger partial charge in [-0.05, 0) is 25.7 Å². The Morgan fingerprint density at radius 2 is 2.14 bits per heavy atom. The molecule has 6 nitrogen and oxygen atoms in total. The van der Waals surface area contributed by atoms with Crippen molar-refractivity contribution in [3.8, 4) is 6.01 Å². The number of aromatic nitrogens is 2. The Morgan fingerprint density at radius 3 is 2.77 bits per heavy atom. The first-order chi connectivity index (χ1) is 10.6. The van der Waals surface area contributed by atoms with Crippen LogP contribution in [0.3, 0.4) is 0 Å². The Balaban J connectivity index is 1.88. The number of carbonyl (C=O) groups is 1. The molecule has 0 aromatic carbocycles. The Kier molecular flexibility index (Phi) is 6.24. The number of piperidine rings is 1. The van der Waals surface area contributed by atoms with Crippen LogP contribution in [0.15, 0.2) is 12.4 Å². The molecule has 1 unspecified atom stereocenters. The number of nitrogens with one attached hydrogen (secondary N) is 1. The summed E-state index contributed by atoms with van der Waals surface area (Å²) in [6, 6.07) is 0.518. The number of ether oxygens (including phenoxy) is 1. The van der Waals surface area contributed by atoms with E-state index in [-0.39, 0.29) is 18.2 Å². The quantitative estimate of drug-likeness (QED) is 0.903. The first kappa shape index (κ1) is 16.8. The lowest BCUT2D eigenvalue weighted by atomic mass is 10.1. The van der Waals surface area contributed by atoms with Crippen LogP contribution in [0.2, 0.25) is 5.02 Å². The second kappa shape index (κ2) is 8.17. The lowest BCUT2D eigenvalue weighted by molar-refractivity contribution is 0.0927. The van der Waals surface area contributed by atoms with Gasteiger partial charge in [0.25, 0.3) is 0 Å². The van der Waals surface area contributed by atoms with Crippen molar-refractivity contribution in [2.45, 2.75) is 51.7 Å². The van der Waals surface area contributed by atoms with Crippen molar-refractivity contribution in [3.63, 3.8) is 0 Å². The van der Waals surface area contributed by atoms with Gasteiger partial charge in [0.1, 0.15) is 6.10 Å². The number of rotatable bonds is 5. The van der Waals surface area contributed by atoms with Crippen LogP contribution < -0.4 is 10.1 Å². The molecule has 0 saturated carbocycles. The van der Waals surface area contributed by atoms with E-state index < -0.39 is 0 Å². The van der Waals surface area contributed by atoms with Gasteiger partial charge in [-0.2, -0.15) is 0 Å². The minimum atomic E-state index is -0.0811. The van der Waals surface area contributed by atoms with Crippen LogP contribution >= 0.6 is 11.6 Å². The summed E-state index contributed by atoms with van der Waals surface area (Å²) in [5, 5.41) is 3.53.